The van der Waals surface area contributed by atoms with Gasteiger partial charge in [0, 0.05) is 11.1 Å². The molecule has 2 aromatic rings. The molecule has 0 saturated heterocycles. The van der Waals surface area contributed by atoms with E-state index < -0.39 is 10.1 Å². The van der Waals surface area contributed by atoms with E-state index in [1.165, 1.54) is 6.07 Å². The zero-order chi connectivity index (χ0) is 11.1. The molecule has 6 heteroatoms. The summed E-state index contributed by atoms with van der Waals surface area (Å²) in [6.07, 6.45) is 0. The van der Waals surface area contributed by atoms with Crippen LogP contribution in [0, 0.1) is 0 Å². The first-order chi connectivity index (χ1) is 7.00. The zero-order valence-electron chi connectivity index (χ0n) is 8.21. The Balaban J connectivity index is 0.00000128. The van der Waals surface area contributed by atoms with Crippen LogP contribution in [0.3, 0.4) is 0 Å². The summed E-state index contributed by atoms with van der Waals surface area (Å²) in [5.74, 6) is 0. The summed E-state index contributed by atoms with van der Waals surface area (Å²) in [5.41, 5.74) is 6.01. The van der Waals surface area contributed by atoms with Crippen LogP contribution in [0.4, 0.5) is 5.69 Å². The van der Waals surface area contributed by atoms with Gasteiger partial charge in [-0.1, -0.05) is 24.3 Å². The quantitative estimate of drug-likeness (QED) is 0.569. The summed E-state index contributed by atoms with van der Waals surface area (Å²) in [4.78, 5) is -0.155. The first-order valence-corrected chi connectivity index (χ1v) is 5.69. The number of benzene rings is 2. The van der Waals surface area contributed by atoms with Crippen molar-refractivity contribution in [1.82, 2.24) is 0 Å². The Labute approximate surface area is 92.6 Å². The molecule has 0 spiro atoms. The van der Waals surface area contributed by atoms with Crippen molar-refractivity contribution in [3.05, 3.63) is 36.4 Å². The maximum absolute atomic E-state index is 11.1. The zero-order valence-corrected chi connectivity index (χ0v) is 9.03. The van der Waals surface area contributed by atoms with Crippen LogP contribution in [0.15, 0.2) is 41.3 Å². The van der Waals surface area contributed by atoms with Gasteiger partial charge in [0.2, 0.25) is 0 Å². The van der Waals surface area contributed by atoms with Crippen molar-refractivity contribution < 1.29 is 18.4 Å². The van der Waals surface area contributed by atoms with Gasteiger partial charge in [0.1, 0.15) is 4.90 Å². The van der Waals surface area contributed by atoms with E-state index in [-0.39, 0.29) is 10.4 Å². The van der Waals surface area contributed by atoms with Crippen molar-refractivity contribution in [1.29, 1.82) is 0 Å². The van der Waals surface area contributed by atoms with Gasteiger partial charge in [-0.3, -0.25) is 4.55 Å². The molecular formula is C10H11NO4S. The van der Waals surface area contributed by atoms with Crippen molar-refractivity contribution in [3.8, 4) is 0 Å². The van der Waals surface area contributed by atoms with Gasteiger partial charge in [0.15, 0.2) is 0 Å². The second kappa shape index (κ2) is 4.09. The molecule has 0 fully saturated rings. The predicted octanol–water partition coefficient (Wildman–Crippen LogP) is 0.844. The average Bonchev–Trinajstić information content (AvgIpc) is 2.16. The molecule has 0 aliphatic rings. The van der Waals surface area contributed by atoms with Gasteiger partial charge in [0.25, 0.3) is 10.1 Å². The minimum absolute atomic E-state index is 0. The van der Waals surface area contributed by atoms with Gasteiger partial charge < -0.3 is 11.2 Å². The fraction of sp³-hybridized carbons (Fsp3) is 0. The SMILES string of the molecule is Nc1cccc2cccc(S(=O)(=O)O)c12.O. The van der Waals surface area contributed by atoms with Crippen LogP contribution in [0.1, 0.15) is 0 Å². The van der Waals surface area contributed by atoms with Crippen LogP contribution >= 0.6 is 0 Å². The maximum atomic E-state index is 11.1. The first-order valence-electron chi connectivity index (χ1n) is 4.25. The Hall–Kier alpha value is -1.63. The third-order valence-electron chi connectivity index (χ3n) is 2.18. The molecule has 0 unspecified atom stereocenters. The van der Waals surface area contributed by atoms with E-state index in [0.717, 1.165) is 0 Å². The van der Waals surface area contributed by atoms with E-state index in [9.17, 15) is 8.42 Å². The van der Waals surface area contributed by atoms with Gasteiger partial charge in [-0.2, -0.15) is 8.42 Å². The number of nitrogens with two attached hydrogens (primary N) is 1. The highest BCUT2D eigenvalue weighted by Gasteiger charge is 2.14. The minimum Gasteiger partial charge on any atom is -0.412 e. The van der Waals surface area contributed by atoms with Gasteiger partial charge in [0.05, 0.1) is 0 Å². The van der Waals surface area contributed by atoms with Crippen LogP contribution in [-0.4, -0.2) is 18.4 Å². The maximum Gasteiger partial charge on any atom is 0.295 e. The largest absolute Gasteiger partial charge is 0.412 e. The van der Waals surface area contributed by atoms with Crippen molar-refractivity contribution in [2.45, 2.75) is 4.90 Å². The van der Waals surface area contributed by atoms with Crippen LogP contribution in [-0.2, 0) is 10.1 Å². The van der Waals surface area contributed by atoms with Crippen molar-refractivity contribution in [3.63, 3.8) is 0 Å². The van der Waals surface area contributed by atoms with Gasteiger partial charge in [-0.25, -0.2) is 0 Å². The molecule has 5 N–H and O–H groups in total. The smallest absolute Gasteiger partial charge is 0.295 e. The summed E-state index contributed by atoms with van der Waals surface area (Å²) in [5, 5.41) is 1.05. The molecule has 86 valence electrons. The minimum atomic E-state index is -4.23. The van der Waals surface area contributed by atoms with Crippen LogP contribution in [0.25, 0.3) is 10.8 Å². The van der Waals surface area contributed by atoms with E-state index in [1.54, 1.807) is 30.3 Å². The molecule has 0 bridgehead atoms. The lowest BCUT2D eigenvalue weighted by Crippen LogP contribution is -2.00. The lowest BCUT2D eigenvalue weighted by molar-refractivity contribution is 0.484. The standard InChI is InChI=1S/C10H9NO3S.H2O/c11-8-5-1-3-7-4-2-6-9(10(7)8)15(12,13)14;/h1-6H,11H2,(H,12,13,14);1H2. The number of nitrogen functional groups attached to an aromatic ring is 1. The van der Waals surface area contributed by atoms with Crippen LogP contribution < -0.4 is 5.73 Å². The second-order valence-electron chi connectivity index (χ2n) is 3.18. The molecule has 16 heavy (non-hydrogen) atoms. The highest BCUT2D eigenvalue weighted by Crippen LogP contribution is 2.27. The summed E-state index contributed by atoms with van der Waals surface area (Å²) in [6.45, 7) is 0. The third-order valence-corrected chi connectivity index (χ3v) is 3.07. The highest BCUT2D eigenvalue weighted by molar-refractivity contribution is 7.86. The van der Waals surface area contributed by atoms with Crippen LogP contribution in [0.5, 0.6) is 0 Å². The molecule has 2 aromatic carbocycles. The predicted molar refractivity (Wildman–Crippen MR) is 61.8 cm³/mol. The number of fused-ring (bicyclic) bond motifs is 1. The van der Waals surface area contributed by atoms with Gasteiger partial charge >= 0.3 is 0 Å². The van der Waals surface area contributed by atoms with Gasteiger partial charge in [-0.05, 0) is 17.5 Å². The Bertz CT molecular complexity index is 617. The molecule has 5 nitrogen and oxygen atoms in total. The Morgan fingerprint density at radius 1 is 1.06 bits per heavy atom. The Kier molecular flexibility index (Phi) is 3.18. The lowest BCUT2D eigenvalue weighted by Gasteiger charge is -2.05. The molecule has 0 heterocycles. The molecule has 2 rings (SSSR count). The van der Waals surface area contributed by atoms with E-state index in [1.807, 2.05) is 0 Å². The van der Waals surface area contributed by atoms with Crippen molar-refractivity contribution >= 4 is 26.6 Å². The summed E-state index contributed by atoms with van der Waals surface area (Å²) in [6, 6.07) is 9.68. The number of rotatable bonds is 1. The molecule has 0 amide bonds. The van der Waals surface area contributed by atoms with E-state index in [0.29, 0.717) is 16.5 Å². The molecule has 0 aliphatic heterocycles. The van der Waals surface area contributed by atoms with E-state index in [2.05, 4.69) is 0 Å². The molecule has 0 atom stereocenters. The Morgan fingerprint density at radius 2 is 1.62 bits per heavy atom. The Morgan fingerprint density at radius 3 is 2.19 bits per heavy atom. The number of anilines is 1. The lowest BCUT2D eigenvalue weighted by atomic mass is 10.1. The topological polar surface area (TPSA) is 112 Å². The van der Waals surface area contributed by atoms with Crippen LogP contribution in [0.2, 0.25) is 0 Å². The van der Waals surface area contributed by atoms with Crippen molar-refractivity contribution in [2.24, 2.45) is 0 Å². The highest BCUT2D eigenvalue weighted by atomic mass is 32.2. The summed E-state index contributed by atoms with van der Waals surface area (Å²) < 4.78 is 31.2. The molecule has 0 saturated carbocycles. The second-order valence-corrected chi connectivity index (χ2v) is 4.57. The number of hydrogen-bond donors (Lipinski definition) is 2. The van der Waals surface area contributed by atoms with E-state index in [4.69, 9.17) is 10.3 Å². The molecule has 0 aliphatic carbocycles. The van der Waals surface area contributed by atoms with E-state index >= 15 is 0 Å². The molecule has 0 radical (unpaired) electrons. The fourth-order valence-corrected chi connectivity index (χ4v) is 2.29. The fourth-order valence-electron chi connectivity index (χ4n) is 1.55. The van der Waals surface area contributed by atoms with Crippen molar-refractivity contribution in [2.75, 3.05) is 5.73 Å². The summed E-state index contributed by atoms with van der Waals surface area (Å²) in [7, 11) is -4.23. The molecular weight excluding hydrogens is 230 g/mol. The van der Waals surface area contributed by atoms with Gasteiger partial charge in [-0.15, -0.1) is 0 Å². The average molecular weight is 241 g/mol. The summed E-state index contributed by atoms with van der Waals surface area (Å²) >= 11 is 0. The first kappa shape index (κ1) is 12.4. The number of hydrogen-bond acceptors (Lipinski definition) is 3. The third kappa shape index (κ3) is 1.99. The molecule has 0 aromatic heterocycles. The monoisotopic (exact) mass is 241 g/mol. The normalized spacial score (nSPS) is 11.1.